The van der Waals surface area contributed by atoms with Gasteiger partial charge in [0, 0.05) is 0 Å². The third-order valence-electron chi connectivity index (χ3n) is 1.71. The topological polar surface area (TPSA) is 26.3 Å². The van der Waals surface area contributed by atoms with Crippen LogP contribution in [0.15, 0.2) is 0 Å². The van der Waals surface area contributed by atoms with Crippen molar-refractivity contribution < 1.29 is 6.15 Å². The van der Waals surface area contributed by atoms with E-state index in [1.54, 1.807) is 0 Å². The minimum atomic E-state index is -1.67. The van der Waals surface area contributed by atoms with E-state index < -0.39 is 21.5 Å². The molecule has 0 fully saturated rings. The van der Waals surface area contributed by atoms with E-state index in [1.165, 1.54) is 12.8 Å². The van der Waals surface area contributed by atoms with Crippen LogP contribution in [0.25, 0.3) is 0 Å². The molecule has 0 aliphatic carbocycles. The average Bonchev–Trinajstić information content (AvgIpc) is 2.01. The van der Waals surface area contributed by atoms with Crippen molar-refractivity contribution in [2.45, 2.75) is 52.1 Å². The van der Waals surface area contributed by atoms with Gasteiger partial charge in [-0.2, -0.15) is 0 Å². The molecule has 0 aromatic heterocycles. The normalized spacial score (nSPS) is 12.9. The van der Waals surface area contributed by atoms with Crippen LogP contribution in [-0.4, -0.2) is 27.6 Å². The molecular formula is C8H17O2Sn. The number of hydrogen-bond acceptors (Lipinski definition) is 2. The molecule has 0 N–H and O–H groups in total. The summed E-state index contributed by atoms with van der Waals surface area (Å²) in [5, 5.41) is 0. The maximum atomic E-state index is 10.3. The summed E-state index contributed by atoms with van der Waals surface area (Å²) in [6.07, 6.45) is 5.99. The summed E-state index contributed by atoms with van der Waals surface area (Å²) in [7, 11) is 0. The van der Waals surface area contributed by atoms with Gasteiger partial charge in [-0.05, 0) is 0 Å². The summed E-state index contributed by atoms with van der Waals surface area (Å²) in [5.41, 5.74) is 0. The van der Waals surface area contributed by atoms with Crippen LogP contribution in [0.4, 0.5) is 0 Å². The van der Waals surface area contributed by atoms with Crippen molar-refractivity contribution in [3.63, 3.8) is 0 Å². The van der Waals surface area contributed by atoms with Crippen LogP contribution < -0.4 is 0 Å². The van der Waals surface area contributed by atoms with Crippen LogP contribution in [0, 0.1) is 0 Å². The molecule has 11 heavy (non-hydrogen) atoms. The quantitative estimate of drug-likeness (QED) is 0.659. The van der Waals surface area contributed by atoms with E-state index in [0.29, 0.717) is 6.10 Å². The summed E-state index contributed by atoms with van der Waals surface area (Å²) in [6, 6.07) is 0. The van der Waals surface area contributed by atoms with Crippen molar-refractivity contribution in [1.29, 1.82) is 0 Å². The minimum absolute atomic E-state index is 0.295. The molecule has 65 valence electrons. The molecule has 0 heterocycles. The van der Waals surface area contributed by atoms with Crippen molar-refractivity contribution in [3.05, 3.63) is 0 Å². The van der Waals surface area contributed by atoms with E-state index in [9.17, 15) is 3.08 Å². The first kappa shape index (κ1) is 11.6. The van der Waals surface area contributed by atoms with E-state index >= 15 is 0 Å². The molecule has 3 heteroatoms. The Morgan fingerprint density at radius 3 is 2.45 bits per heavy atom. The van der Waals surface area contributed by atoms with Gasteiger partial charge in [0.05, 0.1) is 0 Å². The van der Waals surface area contributed by atoms with Gasteiger partial charge in [-0.25, -0.2) is 0 Å². The molecule has 2 nitrogen and oxygen atoms in total. The molecule has 0 spiro atoms. The van der Waals surface area contributed by atoms with Gasteiger partial charge in [-0.1, -0.05) is 0 Å². The molecule has 0 aliphatic rings. The Bertz CT molecular complexity index is 96.1. The van der Waals surface area contributed by atoms with E-state index in [1.807, 2.05) is 0 Å². The first-order chi connectivity index (χ1) is 5.35. The SMILES string of the molecule is CCCCC(CCC)[O][Sn]=[O]. The molecule has 0 saturated carbocycles. The van der Waals surface area contributed by atoms with Crippen LogP contribution in [0.2, 0.25) is 0 Å². The molecule has 0 amide bonds. The Morgan fingerprint density at radius 2 is 2.00 bits per heavy atom. The second-order valence-electron chi connectivity index (χ2n) is 2.75. The third kappa shape index (κ3) is 6.94. The summed E-state index contributed by atoms with van der Waals surface area (Å²) in [5.74, 6) is 0. The predicted molar refractivity (Wildman–Crippen MR) is 45.7 cm³/mol. The molecule has 1 radical (unpaired) electrons. The van der Waals surface area contributed by atoms with Crippen LogP contribution in [0.3, 0.4) is 0 Å². The standard InChI is InChI=1S/C8H17O.O.Sn/c1-3-5-7-8(9)6-4-2;;/h8H,3-7H2,1-2H3;;/q-1;;+1. The Hall–Kier alpha value is 0.559. The van der Waals surface area contributed by atoms with Gasteiger partial charge < -0.3 is 0 Å². The van der Waals surface area contributed by atoms with Gasteiger partial charge in [-0.15, -0.1) is 0 Å². The summed E-state index contributed by atoms with van der Waals surface area (Å²) in [4.78, 5) is 0. The van der Waals surface area contributed by atoms with Crippen molar-refractivity contribution in [2.75, 3.05) is 0 Å². The van der Waals surface area contributed by atoms with E-state index in [4.69, 9.17) is 3.07 Å². The first-order valence-electron chi connectivity index (χ1n) is 4.37. The zero-order valence-electron chi connectivity index (χ0n) is 7.43. The second kappa shape index (κ2) is 8.65. The average molecular weight is 264 g/mol. The summed E-state index contributed by atoms with van der Waals surface area (Å²) < 4.78 is 15.5. The molecular weight excluding hydrogens is 247 g/mol. The van der Waals surface area contributed by atoms with Gasteiger partial charge in [0.1, 0.15) is 0 Å². The number of rotatable bonds is 7. The van der Waals surface area contributed by atoms with Crippen molar-refractivity contribution >= 4 is 21.5 Å². The van der Waals surface area contributed by atoms with Gasteiger partial charge in [-0.3, -0.25) is 0 Å². The van der Waals surface area contributed by atoms with Crippen LogP contribution in [-0.2, 0) is 6.15 Å². The Kier molecular flexibility index (Phi) is 9.09. The summed E-state index contributed by atoms with van der Waals surface area (Å²) in [6.45, 7) is 4.30. The third-order valence-corrected chi connectivity index (χ3v) is 2.93. The Balaban J connectivity index is 3.41. The van der Waals surface area contributed by atoms with Gasteiger partial charge in [0.15, 0.2) is 0 Å². The van der Waals surface area contributed by atoms with E-state index in [2.05, 4.69) is 13.8 Å². The Labute approximate surface area is 79.9 Å². The molecule has 0 aromatic carbocycles. The van der Waals surface area contributed by atoms with Crippen molar-refractivity contribution in [3.8, 4) is 0 Å². The zero-order valence-corrected chi connectivity index (χ0v) is 10.3. The first-order valence-corrected chi connectivity index (χ1v) is 6.71. The van der Waals surface area contributed by atoms with Gasteiger partial charge >= 0.3 is 79.7 Å². The molecule has 1 atom stereocenters. The molecule has 1 unspecified atom stereocenters. The molecule has 0 aromatic rings. The molecule has 0 rings (SSSR count). The molecule has 0 aliphatic heterocycles. The van der Waals surface area contributed by atoms with Gasteiger partial charge in [0.25, 0.3) is 0 Å². The van der Waals surface area contributed by atoms with Gasteiger partial charge in [0.2, 0.25) is 0 Å². The van der Waals surface area contributed by atoms with Crippen LogP contribution >= 0.6 is 0 Å². The predicted octanol–water partition coefficient (Wildman–Crippen LogP) is 2.33. The maximum absolute atomic E-state index is 10.3. The van der Waals surface area contributed by atoms with Crippen LogP contribution in [0.5, 0.6) is 0 Å². The monoisotopic (exact) mass is 265 g/mol. The number of hydrogen-bond donors (Lipinski definition) is 0. The van der Waals surface area contributed by atoms with Crippen molar-refractivity contribution in [2.24, 2.45) is 0 Å². The fraction of sp³-hybridized carbons (Fsp3) is 1.00. The van der Waals surface area contributed by atoms with Crippen molar-refractivity contribution in [1.82, 2.24) is 0 Å². The molecule has 0 saturated heterocycles. The second-order valence-corrected chi connectivity index (χ2v) is 3.90. The van der Waals surface area contributed by atoms with Crippen LogP contribution in [0.1, 0.15) is 46.0 Å². The Morgan fingerprint density at radius 1 is 1.27 bits per heavy atom. The van der Waals surface area contributed by atoms with E-state index in [-0.39, 0.29) is 0 Å². The molecule has 0 bridgehead atoms. The fourth-order valence-corrected chi connectivity index (χ4v) is 2.15. The number of unbranched alkanes of at least 4 members (excludes halogenated alkanes) is 1. The fourth-order valence-electron chi connectivity index (χ4n) is 1.08. The summed E-state index contributed by atoms with van der Waals surface area (Å²) >= 11 is -1.67. The van der Waals surface area contributed by atoms with E-state index in [0.717, 1.165) is 19.3 Å². The zero-order chi connectivity index (χ0) is 8.53.